The van der Waals surface area contributed by atoms with Gasteiger partial charge in [0, 0.05) is 12.1 Å². The van der Waals surface area contributed by atoms with Crippen LogP contribution in [0.4, 0.5) is 0 Å². The van der Waals surface area contributed by atoms with Gasteiger partial charge in [0.05, 0.1) is 6.61 Å². The summed E-state index contributed by atoms with van der Waals surface area (Å²) in [7, 11) is 0. The van der Waals surface area contributed by atoms with E-state index < -0.39 is 5.97 Å². The van der Waals surface area contributed by atoms with Gasteiger partial charge in [-0.25, -0.2) is 0 Å². The summed E-state index contributed by atoms with van der Waals surface area (Å²) in [4.78, 5) is 24.8. The monoisotopic (exact) mass is 307 g/mol. The summed E-state index contributed by atoms with van der Waals surface area (Å²) in [5.74, 6) is -0.0841. The number of carbonyl (C=O) groups excluding carboxylic acids is 1. The third kappa shape index (κ3) is 6.16. The molecule has 0 atom stereocenters. The van der Waals surface area contributed by atoms with Crippen LogP contribution in [0.5, 0.6) is 5.75 Å². The predicted octanol–water partition coefficient (Wildman–Crippen LogP) is 2.90. The second kappa shape index (κ2) is 8.41. The molecule has 0 saturated heterocycles. The summed E-state index contributed by atoms with van der Waals surface area (Å²) < 4.78 is 5.61. The molecule has 1 amide bonds. The maximum absolute atomic E-state index is 12.5. The molecule has 0 bridgehead atoms. The van der Waals surface area contributed by atoms with E-state index in [1.807, 2.05) is 27.7 Å². The van der Waals surface area contributed by atoms with Gasteiger partial charge in [-0.15, -0.1) is 0 Å². The number of aliphatic carboxylic acids is 1. The van der Waals surface area contributed by atoms with Crippen molar-refractivity contribution < 1.29 is 19.4 Å². The quantitative estimate of drug-likeness (QED) is 0.802. The van der Waals surface area contributed by atoms with E-state index in [4.69, 9.17) is 9.84 Å². The average Bonchev–Trinajstić information content (AvgIpc) is 2.43. The molecule has 122 valence electrons. The molecular formula is C17H25NO4. The zero-order valence-corrected chi connectivity index (χ0v) is 13.7. The van der Waals surface area contributed by atoms with Crippen molar-refractivity contribution in [1.29, 1.82) is 0 Å². The lowest BCUT2D eigenvalue weighted by Crippen LogP contribution is -2.38. The molecule has 0 fully saturated rings. The van der Waals surface area contributed by atoms with E-state index in [-0.39, 0.29) is 18.4 Å². The Morgan fingerprint density at radius 3 is 2.41 bits per heavy atom. The molecule has 0 aliphatic carbocycles. The van der Waals surface area contributed by atoms with Gasteiger partial charge in [-0.1, -0.05) is 33.8 Å². The highest BCUT2D eigenvalue weighted by Crippen LogP contribution is 2.16. The van der Waals surface area contributed by atoms with Crippen molar-refractivity contribution >= 4 is 11.9 Å². The van der Waals surface area contributed by atoms with Crippen LogP contribution in [-0.4, -0.2) is 41.6 Å². The second-order valence-corrected chi connectivity index (χ2v) is 6.21. The van der Waals surface area contributed by atoms with E-state index in [0.717, 1.165) is 0 Å². The highest BCUT2D eigenvalue weighted by Gasteiger charge is 2.20. The molecule has 1 aromatic rings. The largest absolute Gasteiger partial charge is 0.493 e. The van der Waals surface area contributed by atoms with Crippen molar-refractivity contribution in [3.63, 3.8) is 0 Å². The van der Waals surface area contributed by atoms with Crippen molar-refractivity contribution in [1.82, 2.24) is 4.90 Å². The summed E-state index contributed by atoms with van der Waals surface area (Å²) in [6.45, 7) is 8.67. The van der Waals surface area contributed by atoms with Gasteiger partial charge in [-0.3, -0.25) is 9.59 Å². The van der Waals surface area contributed by atoms with Crippen LogP contribution in [0.25, 0.3) is 0 Å². The minimum atomic E-state index is -1.01. The first-order chi connectivity index (χ1) is 10.3. The molecule has 1 rings (SSSR count). The Morgan fingerprint density at radius 2 is 1.86 bits per heavy atom. The molecule has 1 N–H and O–H groups in total. The van der Waals surface area contributed by atoms with Gasteiger partial charge in [-0.2, -0.15) is 0 Å². The second-order valence-electron chi connectivity index (χ2n) is 6.21. The van der Waals surface area contributed by atoms with Crippen molar-refractivity contribution in [3.05, 3.63) is 29.8 Å². The zero-order chi connectivity index (χ0) is 16.7. The summed E-state index contributed by atoms with van der Waals surface area (Å²) in [5.41, 5.74) is 0.447. The molecule has 0 aliphatic rings. The first-order valence-electron chi connectivity index (χ1n) is 7.53. The number of ether oxygens (including phenoxy) is 1. The van der Waals surface area contributed by atoms with Crippen molar-refractivity contribution in [2.45, 2.75) is 27.7 Å². The Kier molecular flexibility index (Phi) is 6.89. The van der Waals surface area contributed by atoms with Crippen LogP contribution < -0.4 is 4.74 Å². The molecule has 0 spiro atoms. The first-order valence-corrected chi connectivity index (χ1v) is 7.53. The number of hydrogen-bond acceptors (Lipinski definition) is 3. The Morgan fingerprint density at radius 1 is 1.18 bits per heavy atom. The van der Waals surface area contributed by atoms with Crippen LogP contribution >= 0.6 is 0 Å². The predicted molar refractivity (Wildman–Crippen MR) is 85.2 cm³/mol. The molecule has 0 heterocycles. The fourth-order valence-electron chi connectivity index (χ4n) is 1.99. The van der Waals surface area contributed by atoms with Crippen LogP contribution in [0.3, 0.4) is 0 Å². The number of amides is 1. The van der Waals surface area contributed by atoms with Crippen molar-refractivity contribution in [2.75, 3.05) is 19.7 Å². The molecule has 0 saturated carbocycles. The lowest BCUT2D eigenvalue weighted by molar-refractivity contribution is -0.137. The van der Waals surface area contributed by atoms with Gasteiger partial charge in [0.1, 0.15) is 12.3 Å². The Bertz CT molecular complexity index is 511. The van der Waals surface area contributed by atoms with Crippen LogP contribution in [0, 0.1) is 11.8 Å². The normalized spacial score (nSPS) is 10.8. The van der Waals surface area contributed by atoms with Gasteiger partial charge in [0.2, 0.25) is 0 Å². The number of benzene rings is 1. The number of nitrogens with zero attached hydrogens (tertiary/aromatic N) is 1. The minimum absolute atomic E-state index is 0.198. The third-order valence-corrected chi connectivity index (χ3v) is 2.86. The molecule has 5 nitrogen and oxygen atoms in total. The third-order valence-electron chi connectivity index (χ3n) is 2.86. The highest BCUT2D eigenvalue weighted by molar-refractivity contribution is 5.96. The van der Waals surface area contributed by atoms with Crippen molar-refractivity contribution in [2.24, 2.45) is 11.8 Å². The summed E-state index contributed by atoms with van der Waals surface area (Å²) in [6.07, 6.45) is 0. The Balaban J connectivity index is 2.88. The van der Waals surface area contributed by atoms with Crippen LogP contribution in [-0.2, 0) is 4.79 Å². The van der Waals surface area contributed by atoms with Gasteiger partial charge >= 0.3 is 5.97 Å². The fourth-order valence-corrected chi connectivity index (χ4v) is 1.99. The highest BCUT2D eigenvalue weighted by atomic mass is 16.5. The minimum Gasteiger partial charge on any atom is -0.493 e. The first kappa shape index (κ1) is 18.0. The maximum atomic E-state index is 12.5. The number of hydrogen-bond donors (Lipinski definition) is 1. The molecule has 0 aliphatic heterocycles. The van der Waals surface area contributed by atoms with E-state index in [9.17, 15) is 9.59 Å². The summed E-state index contributed by atoms with van der Waals surface area (Å²) in [5, 5.41) is 8.97. The van der Waals surface area contributed by atoms with E-state index in [2.05, 4.69) is 0 Å². The van der Waals surface area contributed by atoms with Crippen LogP contribution in [0.1, 0.15) is 38.1 Å². The van der Waals surface area contributed by atoms with Crippen molar-refractivity contribution in [3.8, 4) is 5.75 Å². The number of carbonyl (C=O) groups is 2. The maximum Gasteiger partial charge on any atom is 0.323 e. The molecule has 5 heteroatoms. The number of carboxylic acid groups (broad SMARTS) is 1. The van der Waals surface area contributed by atoms with Crippen LogP contribution in [0.2, 0.25) is 0 Å². The van der Waals surface area contributed by atoms with E-state index in [1.54, 1.807) is 24.3 Å². The molecule has 22 heavy (non-hydrogen) atoms. The summed E-state index contributed by atoms with van der Waals surface area (Å²) >= 11 is 0. The number of rotatable bonds is 8. The molecule has 1 aromatic carbocycles. The topological polar surface area (TPSA) is 66.8 Å². The van der Waals surface area contributed by atoms with E-state index in [0.29, 0.717) is 30.4 Å². The van der Waals surface area contributed by atoms with E-state index in [1.165, 1.54) is 4.90 Å². The van der Waals surface area contributed by atoms with E-state index >= 15 is 0 Å². The summed E-state index contributed by atoms with van der Waals surface area (Å²) in [6, 6.07) is 6.89. The lowest BCUT2D eigenvalue weighted by Gasteiger charge is -2.23. The van der Waals surface area contributed by atoms with Gasteiger partial charge in [0.15, 0.2) is 0 Å². The van der Waals surface area contributed by atoms with Gasteiger partial charge in [-0.05, 0) is 30.0 Å². The smallest absolute Gasteiger partial charge is 0.323 e. The van der Waals surface area contributed by atoms with Gasteiger partial charge < -0.3 is 14.7 Å². The Hall–Kier alpha value is -2.04. The van der Waals surface area contributed by atoms with Crippen LogP contribution in [0.15, 0.2) is 24.3 Å². The molecule has 0 radical (unpaired) electrons. The fraction of sp³-hybridized carbons (Fsp3) is 0.529. The zero-order valence-electron chi connectivity index (χ0n) is 13.7. The standard InChI is InChI=1S/C17H25NO4/c1-12(2)9-18(10-16(19)20)17(21)14-6-5-7-15(8-14)22-11-13(3)4/h5-8,12-13H,9-11H2,1-4H3,(H,19,20). The average molecular weight is 307 g/mol. The van der Waals surface area contributed by atoms with Gasteiger partial charge in [0.25, 0.3) is 5.91 Å². The Labute approximate surface area is 131 Å². The molecule has 0 unspecified atom stereocenters. The number of carboxylic acids is 1. The SMILES string of the molecule is CC(C)COc1cccc(C(=O)N(CC(=O)O)CC(C)C)c1. The molecular weight excluding hydrogens is 282 g/mol. The lowest BCUT2D eigenvalue weighted by atomic mass is 10.1. The molecule has 0 aromatic heterocycles.